The van der Waals surface area contributed by atoms with Crippen molar-refractivity contribution in [1.29, 1.82) is 0 Å². The standard InChI is InChI=1S/C21H25N3O5S/c1-23(18-8-3-2-4-9-18)30(28,29)19-13-11-17(12-14-19)22-21(25)15-16-7-5-6-10-20(16)24(26)27/h5-7,10-14,18H,2-4,8-9,15H2,1H3,(H,22,25). The van der Waals surface area contributed by atoms with Gasteiger partial charge >= 0.3 is 0 Å². The molecule has 1 aliphatic rings. The summed E-state index contributed by atoms with van der Waals surface area (Å²) in [4.78, 5) is 23.0. The molecule has 1 N–H and O–H groups in total. The SMILES string of the molecule is CN(C1CCCCC1)S(=O)(=O)c1ccc(NC(=O)Cc2ccccc2[N+](=O)[O-])cc1. The minimum absolute atomic E-state index is 0.0183. The lowest BCUT2D eigenvalue weighted by Gasteiger charge is -2.30. The Morgan fingerprint density at radius 3 is 2.37 bits per heavy atom. The average Bonchev–Trinajstić information content (AvgIpc) is 2.74. The first-order valence-electron chi connectivity index (χ1n) is 9.89. The van der Waals surface area contributed by atoms with Crippen LogP contribution in [0.1, 0.15) is 37.7 Å². The van der Waals surface area contributed by atoms with E-state index in [2.05, 4.69) is 5.32 Å². The summed E-state index contributed by atoms with van der Waals surface area (Å²) in [6, 6.07) is 12.1. The fourth-order valence-electron chi connectivity index (χ4n) is 3.73. The van der Waals surface area contributed by atoms with Crippen molar-refractivity contribution >= 4 is 27.3 Å². The molecule has 0 aliphatic heterocycles. The highest BCUT2D eigenvalue weighted by Crippen LogP contribution is 2.27. The number of carbonyl (C=O) groups excluding carboxylic acids is 1. The van der Waals surface area contributed by atoms with E-state index in [1.54, 1.807) is 19.2 Å². The van der Waals surface area contributed by atoms with E-state index in [4.69, 9.17) is 0 Å². The normalized spacial score (nSPS) is 15.1. The topological polar surface area (TPSA) is 110 Å². The smallest absolute Gasteiger partial charge is 0.273 e. The second-order valence-corrected chi connectivity index (χ2v) is 9.45. The van der Waals surface area contributed by atoms with Gasteiger partial charge in [0.25, 0.3) is 5.69 Å². The van der Waals surface area contributed by atoms with Crippen molar-refractivity contribution in [2.45, 2.75) is 49.5 Å². The molecule has 1 fully saturated rings. The molecular formula is C21H25N3O5S. The van der Waals surface area contributed by atoms with Crippen LogP contribution in [0.3, 0.4) is 0 Å². The maximum absolute atomic E-state index is 12.9. The molecule has 8 nitrogen and oxygen atoms in total. The Morgan fingerprint density at radius 2 is 1.73 bits per heavy atom. The summed E-state index contributed by atoms with van der Waals surface area (Å²) >= 11 is 0. The van der Waals surface area contributed by atoms with Crippen LogP contribution >= 0.6 is 0 Å². The number of rotatable bonds is 7. The summed E-state index contributed by atoms with van der Waals surface area (Å²) in [7, 11) is -1.98. The summed E-state index contributed by atoms with van der Waals surface area (Å²) < 4.78 is 27.2. The highest BCUT2D eigenvalue weighted by Gasteiger charge is 2.29. The van der Waals surface area contributed by atoms with Crippen LogP contribution < -0.4 is 5.32 Å². The van der Waals surface area contributed by atoms with Crippen LogP contribution in [0.4, 0.5) is 11.4 Å². The Bertz CT molecular complexity index is 1020. The van der Waals surface area contributed by atoms with Crippen LogP contribution in [0, 0.1) is 10.1 Å². The number of hydrogen-bond acceptors (Lipinski definition) is 5. The van der Waals surface area contributed by atoms with E-state index in [9.17, 15) is 23.3 Å². The molecule has 2 aromatic rings. The van der Waals surface area contributed by atoms with E-state index in [1.807, 2.05) is 0 Å². The molecule has 0 heterocycles. The van der Waals surface area contributed by atoms with Gasteiger partial charge in [0, 0.05) is 30.4 Å². The zero-order valence-corrected chi connectivity index (χ0v) is 17.6. The maximum Gasteiger partial charge on any atom is 0.273 e. The summed E-state index contributed by atoms with van der Waals surface area (Å²) in [6.45, 7) is 0. The second kappa shape index (κ2) is 9.36. The van der Waals surface area contributed by atoms with Gasteiger partial charge in [-0.25, -0.2) is 8.42 Å². The van der Waals surface area contributed by atoms with Crippen LogP contribution in [0.5, 0.6) is 0 Å². The number of para-hydroxylation sites is 1. The van der Waals surface area contributed by atoms with E-state index in [0.29, 0.717) is 11.3 Å². The first kappa shape index (κ1) is 21.9. The van der Waals surface area contributed by atoms with Crippen molar-refractivity contribution in [2.24, 2.45) is 0 Å². The van der Waals surface area contributed by atoms with E-state index in [1.165, 1.54) is 40.7 Å². The highest BCUT2D eigenvalue weighted by molar-refractivity contribution is 7.89. The number of nitro benzene ring substituents is 1. The monoisotopic (exact) mass is 431 g/mol. The third-order valence-electron chi connectivity index (χ3n) is 5.44. The Hall–Kier alpha value is -2.78. The third-order valence-corrected chi connectivity index (χ3v) is 7.37. The van der Waals surface area contributed by atoms with E-state index in [0.717, 1.165) is 32.1 Å². The number of carbonyl (C=O) groups is 1. The van der Waals surface area contributed by atoms with Crippen molar-refractivity contribution in [3.63, 3.8) is 0 Å². The molecule has 1 amide bonds. The van der Waals surface area contributed by atoms with Crippen LogP contribution in [-0.4, -0.2) is 36.6 Å². The van der Waals surface area contributed by atoms with Gasteiger partial charge in [0.15, 0.2) is 0 Å². The van der Waals surface area contributed by atoms with E-state index >= 15 is 0 Å². The largest absolute Gasteiger partial charge is 0.326 e. The molecule has 0 unspecified atom stereocenters. The van der Waals surface area contributed by atoms with Crippen molar-refractivity contribution in [1.82, 2.24) is 4.31 Å². The van der Waals surface area contributed by atoms with Crippen LogP contribution in [0.15, 0.2) is 53.4 Å². The minimum atomic E-state index is -3.60. The lowest BCUT2D eigenvalue weighted by Crippen LogP contribution is -2.38. The second-order valence-electron chi connectivity index (χ2n) is 7.45. The first-order valence-corrected chi connectivity index (χ1v) is 11.3. The van der Waals surface area contributed by atoms with Gasteiger partial charge in [-0.1, -0.05) is 37.5 Å². The molecule has 0 bridgehead atoms. The summed E-state index contributed by atoms with van der Waals surface area (Å²) in [5, 5.41) is 13.7. The van der Waals surface area contributed by atoms with Crippen molar-refractivity contribution in [2.75, 3.05) is 12.4 Å². The van der Waals surface area contributed by atoms with E-state index < -0.39 is 20.9 Å². The van der Waals surface area contributed by atoms with Crippen molar-refractivity contribution in [3.05, 3.63) is 64.2 Å². The minimum Gasteiger partial charge on any atom is -0.326 e. The number of nitro groups is 1. The fourth-order valence-corrected chi connectivity index (χ4v) is 5.15. The Balaban J connectivity index is 1.67. The Kier molecular flexibility index (Phi) is 6.84. The van der Waals surface area contributed by atoms with Crippen LogP contribution in [-0.2, 0) is 21.2 Å². The van der Waals surface area contributed by atoms with Gasteiger partial charge in [0.05, 0.1) is 16.2 Å². The van der Waals surface area contributed by atoms with Gasteiger partial charge in [-0.05, 0) is 37.1 Å². The predicted molar refractivity (Wildman–Crippen MR) is 114 cm³/mol. The van der Waals surface area contributed by atoms with Gasteiger partial charge < -0.3 is 5.32 Å². The molecule has 9 heteroatoms. The number of nitrogens with one attached hydrogen (secondary N) is 1. The quantitative estimate of drug-likeness (QED) is 0.531. The average molecular weight is 432 g/mol. The van der Waals surface area contributed by atoms with Gasteiger partial charge in [-0.15, -0.1) is 0 Å². The van der Waals surface area contributed by atoms with E-state index in [-0.39, 0.29) is 23.0 Å². The van der Waals surface area contributed by atoms with Crippen molar-refractivity contribution < 1.29 is 18.1 Å². The number of nitrogens with zero attached hydrogens (tertiary/aromatic N) is 2. The molecular weight excluding hydrogens is 406 g/mol. The predicted octanol–water partition coefficient (Wildman–Crippen LogP) is 3.73. The molecule has 160 valence electrons. The van der Waals surface area contributed by atoms with Gasteiger partial charge in [0.2, 0.25) is 15.9 Å². The molecule has 0 spiro atoms. The highest BCUT2D eigenvalue weighted by atomic mass is 32.2. The van der Waals surface area contributed by atoms with Crippen LogP contribution in [0.2, 0.25) is 0 Å². The van der Waals surface area contributed by atoms with Gasteiger partial charge in [0.1, 0.15) is 0 Å². The molecule has 3 rings (SSSR count). The summed E-state index contributed by atoms with van der Waals surface area (Å²) in [5.41, 5.74) is 0.631. The molecule has 0 aromatic heterocycles. The van der Waals surface area contributed by atoms with Gasteiger partial charge in [-0.3, -0.25) is 14.9 Å². The molecule has 1 saturated carbocycles. The Morgan fingerprint density at radius 1 is 1.10 bits per heavy atom. The first-order chi connectivity index (χ1) is 14.3. The zero-order chi connectivity index (χ0) is 21.7. The van der Waals surface area contributed by atoms with Gasteiger partial charge in [-0.2, -0.15) is 4.31 Å². The molecule has 0 atom stereocenters. The molecule has 0 saturated heterocycles. The molecule has 1 aliphatic carbocycles. The lowest BCUT2D eigenvalue weighted by molar-refractivity contribution is -0.385. The number of anilines is 1. The number of amides is 1. The third kappa shape index (κ3) is 5.03. The van der Waals surface area contributed by atoms with Crippen LogP contribution in [0.25, 0.3) is 0 Å². The molecule has 0 radical (unpaired) electrons. The maximum atomic E-state index is 12.9. The fraction of sp³-hybridized carbons (Fsp3) is 0.381. The van der Waals surface area contributed by atoms with Crippen molar-refractivity contribution in [3.8, 4) is 0 Å². The lowest BCUT2D eigenvalue weighted by atomic mass is 9.96. The number of hydrogen-bond donors (Lipinski definition) is 1. The zero-order valence-electron chi connectivity index (χ0n) is 16.8. The Labute approximate surface area is 176 Å². The molecule has 30 heavy (non-hydrogen) atoms. The molecule has 2 aromatic carbocycles. The number of sulfonamides is 1. The summed E-state index contributed by atoms with van der Waals surface area (Å²) in [5.74, 6) is -0.417. The summed E-state index contributed by atoms with van der Waals surface area (Å²) in [6.07, 6.45) is 4.81. The number of benzene rings is 2.